The fourth-order valence-electron chi connectivity index (χ4n) is 4.81. The Morgan fingerprint density at radius 2 is 1.79 bits per heavy atom. The molecular formula is C29H28F4N4O6. The first-order chi connectivity index (χ1) is 20.3. The summed E-state index contributed by atoms with van der Waals surface area (Å²) in [5, 5.41) is 13.7. The van der Waals surface area contributed by atoms with Gasteiger partial charge in [-0.1, -0.05) is 24.3 Å². The van der Waals surface area contributed by atoms with Crippen LogP contribution in [-0.2, 0) is 22.4 Å². The zero-order valence-corrected chi connectivity index (χ0v) is 23.2. The van der Waals surface area contributed by atoms with Crippen molar-refractivity contribution in [3.05, 3.63) is 92.1 Å². The summed E-state index contributed by atoms with van der Waals surface area (Å²) in [5.74, 6) is -3.25. The number of alkyl halides is 3. The van der Waals surface area contributed by atoms with E-state index < -0.39 is 23.9 Å². The predicted octanol–water partition coefficient (Wildman–Crippen LogP) is 3.04. The average Bonchev–Trinajstić information content (AvgIpc) is 2.97. The quantitative estimate of drug-likeness (QED) is 0.438. The second-order valence-electron chi connectivity index (χ2n) is 10.1. The van der Waals surface area contributed by atoms with Gasteiger partial charge >= 0.3 is 12.1 Å². The summed E-state index contributed by atoms with van der Waals surface area (Å²) in [4.78, 5) is 50.0. The molecule has 1 fully saturated rings. The molecule has 228 valence electrons. The zero-order valence-electron chi connectivity index (χ0n) is 23.2. The van der Waals surface area contributed by atoms with E-state index in [0.29, 0.717) is 49.4 Å². The number of nitrogens with zero attached hydrogens (tertiary/aromatic N) is 3. The van der Waals surface area contributed by atoms with Gasteiger partial charge in [-0.2, -0.15) is 18.3 Å². The number of carboxylic acids is 1. The van der Waals surface area contributed by atoms with E-state index in [1.165, 1.54) is 17.0 Å². The van der Waals surface area contributed by atoms with E-state index in [1.807, 2.05) is 31.2 Å². The Hall–Kier alpha value is -4.75. The van der Waals surface area contributed by atoms with Crippen LogP contribution in [0.25, 0.3) is 0 Å². The number of carbonyl (C=O) groups excluding carboxylic acids is 2. The van der Waals surface area contributed by atoms with Gasteiger partial charge in [0.05, 0.1) is 17.3 Å². The maximum Gasteiger partial charge on any atom is 0.490 e. The standard InChI is InChI=1S/C27H27FN4O4.C2HF3O2/c1-16-17(2)26(34)30-29-23(16)12-18-7-8-22(28)21(11-18)27(35)31-9-10-32(25(33)14-31)20-13-19-5-3-4-6-24(19)36-15-20;3-2(4,5)1(6)7/h3-8,11,20H,9-10,12-15H2,1-2H3,(H,30,34);(H,6,7). The van der Waals surface area contributed by atoms with E-state index in [4.69, 9.17) is 14.6 Å². The van der Waals surface area contributed by atoms with Gasteiger partial charge in [0.15, 0.2) is 0 Å². The Balaban J connectivity index is 0.000000541. The third-order valence-corrected chi connectivity index (χ3v) is 7.35. The Labute approximate surface area is 242 Å². The molecule has 43 heavy (non-hydrogen) atoms. The molecule has 1 unspecified atom stereocenters. The van der Waals surface area contributed by atoms with Gasteiger partial charge in [0, 0.05) is 25.1 Å². The van der Waals surface area contributed by atoms with Crippen LogP contribution < -0.4 is 10.3 Å². The molecule has 2 amide bonds. The summed E-state index contributed by atoms with van der Waals surface area (Å²) in [7, 11) is 0. The number of aliphatic carboxylic acids is 1. The van der Waals surface area contributed by atoms with E-state index in [2.05, 4.69) is 10.2 Å². The predicted molar refractivity (Wildman–Crippen MR) is 144 cm³/mol. The first-order valence-electron chi connectivity index (χ1n) is 13.2. The molecule has 1 aromatic heterocycles. The number of piperazine rings is 1. The first-order valence-corrected chi connectivity index (χ1v) is 13.2. The van der Waals surface area contributed by atoms with E-state index >= 15 is 0 Å². The minimum absolute atomic E-state index is 0.0810. The minimum atomic E-state index is -5.08. The van der Waals surface area contributed by atoms with E-state index in [9.17, 15) is 31.9 Å². The molecule has 3 aromatic rings. The van der Waals surface area contributed by atoms with Crippen molar-refractivity contribution in [2.75, 3.05) is 26.2 Å². The summed E-state index contributed by atoms with van der Waals surface area (Å²) in [5.41, 5.74) is 3.39. The topological polar surface area (TPSA) is 133 Å². The number of benzene rings is 2. The van der Waals surface area contributed by atoms with Crippen LogP contribution in [0.3, 0.4) is 0 Å². The van der Waals surface area contributed by atoms with Crippen LogP contribution in [0.5, 0.6) is 5.75 Å². The maximum atomic E-state index is 14.7. The number of fused-ring (bicyclic) bond motifs is 1. The molecule has 0 radical (unpaired) electrons. The van der Waals surface area contributed by atoms with Crippen molar-refractivity contribution in [2.45, 2.75) is 38.9 Å². The second-order valence-corrected chi connectivity index (χ2v) is 10.1. The van der Waals surface area contributed by atoms with Crippen LogP contribution >= 0.6 is 0 Å². The highest BCUT2D eigenvalue weighted by Gasteiger charge is 2.38. The van der Waals surface area contributed by atoms with Crippen LogP contribution in [0.1, 0.15) is 38.3 Å². The minimum Gasteiger partial charge on any atom is -0.491 e. The Kier molecular flexibility index (Phi) is 9.16. The monoisotopic (exact) mass is 604 g/mol. The molecule has 0 aliphatic carbocycles. The maximum absolute atomic E-state index is 14.7. The first kappa shape index (κ1) is 31.2. The van der Waals surface area contributed by atoms with Crippen molar-refractivity contribution in [2.24, 2.45) is 0 Å². The number of ether oxygens (including phenoxy) is 1. The summed E-state index contributed by atoms with van der Waals surface area (Å²) in [6, 6.07) is 12.0. The van der Waals surface area contributed by atoms with E-state index in [-0.39, 0.29) is 29.6 Å². The number of para-hydroxylation sites is 1. The largest absolute Gasteiger partial charge is 0.491 e. The van der Waals surface area contributed by atoms with Gasteiger partial charge in [0.2, 0.25) is 5.91 Å². The fraction of sp³-hybridized carbons (Fsp3) is 0.345. The summed E-state index contributed by atoms with van der Waals surface area (Å²) < 4.78 is 52.3. The highest BCUT2D eigenvalue weighted by molar-refractivity contribution is 5.97. The highest BCUT2D eigenvalue weighted by Crippen LogP contribution is 2.27. The number of carboxylic acid groups (broad SMARTS) is 1. The van der Waals surface area contributed by atoms with Gasteiger partial charge in [-0.05, 0) is 55.2 Å². The highest BCUT2D eigenvalue weighted by atomic mass is 19.4. The molecule has 0 saturated carbocycles. The summed E-state index contributed by atoms with van der Waals surface area (Å²) in [6.45, 7) is 4.50. The number of H-pyrrole nitrogens is 1. The molecule has 5 rings (SSSR count). The third-order valence-electron chi connectivity index (χ3n) is 7.35. The van der Waals surface area contributed by atoms with Gasteiger partial charge in [-0.15, -0.1) is 0 Å². The number of nitrogens with one attached hydrogen (secondary N) is 1. The Bertz CT molecular complexity index is 1610. The van der Waals surface area contributed by atoms with Gasteiger partial charge in [-0.3, -0.25) is 14.4 Å². The average molecular weight is 605 g/mol. The second kappa shape index (κ2) is 12.6. The number of amides is 2. The third kappa shape index (κ3) is 7.19. The van der Waals surface area contributed by atoms with Crippen molar-refractivity contribution in [1.82, 2.24) is 20.0 Å². The number of rotatable bonds is 4. The molecule has 14 heteroatoms. The van der Waals surface area contributed by atoms with Crippen LogP contribution in [-0.4, -0.2) is 81.3 Å². The lowest BCUT2D eigenvalue weighted by Gasteiger charge is -2.40. The lowest BCUT2D eigenvalue weighted by molar-refractivity contribution is -0.192. The molecule has 0 bridgehead atoms. The van der Waals surface area contributed by atoms with E-state index in [1.54, 1.807) is 17.9 Å². The fourth-order valence-corrected chi connectivity index (χ4v) is 4.81. The number of aromatic nitrogens is 2. The van der Waals surface area contributed by atoms with Gasteiger partial charge in [0.1, 0.15) is 24.7 Å². The summed E-state index contributed by atoms with van der Waals surface area (Å²) >= 11 is 0. The molecular weight excluding hydrogens is 576 g/mol. The summed E-state index contributed by atoms with van der Waals surface area (Å²) in [6.07, 6.45) is -4.05. The normalized spacial score (nSPS) is 16.5. The van der Waals surface area contributed by atoms with Crippen LogP contribution in [0.4, 0.5) is 17.6 Å². The number of hydrogen-bond donors (Lipinski definition) is 2. The van der Waals surface area contributed by atoms with Gasteiger partial charge in [-0.25, -0.2) is 14.3 Å². The number of aromatic amines is 1. The molecule has 2 aliphatic heterocycles. The SMILES string of the molecule is Cc1c(Cc2ccc(F)c(C(=O)N3CCN(C4COc5ccccc5C4)C(=O)C3)c2)n[nH]c(=O)c1C.O=C(O)C(F)(F)F. The van der Waals surface area contributed by atoms with Crippen molar-refractivity contribution in [3.8, 4) is 5.75 Å². The smallest absolute Gasteiger partial charge is 0.490 e. The van der Waals surface area contributed by atoms with Crippen LogP contribution in [0.2, 0.25) is 0 Å². The molecule has 3 heterocycles. The van der Waals surface area contributed by atoms with Crippen molar-refractivity contribution in [3.63, 3.8) is 0 Å². The molecule has 2 aromatic carbocycles. The van der Waals surface area contributed by atoms with Crippen molar-refractivity contribution >= 4 is 17.8 Å². The van der Waals surface area contributed by atoms with Crippen LogP contribution in [0.15, 0.2) is 47.3 Å². The molecule has 1 atom stereocenters. The number of halogens is 4. The number of hydrogen-bond acceptors (Lipinski definition) is 6. The Morgan fingerprint density at radius 1 is 1.09 bits per heavy atom. The molecule has 1 saturated heterocycles. The molecule has 2 N–H and O–H groups in total. The molecule has 2 aliphatic rings. The van der Waals surface area contributed by atoms with E-state index in [0.717, 1.165) is 16.9 Å². The van der Waals surface area contributed by atoms with Crippen molar-refractivity contribution < 1.29 is 41.8 Å². The van der Waals surface area contributed by atoms with Gasteiger partial charge < -0.3 is 19.6 Å². The molecule has 0 spiro atoms. The van der Waals surface area contributed by atoms with Crippen LogP contribution in [0, 0.1) is 19.7 Å². The Morgan fingerprint density at radius 3 is 2.47 bits per heavy atom. The lowest BCUT2D eigenvalue weighted by Crippen LogP contribution is -2.57. The van der Waals surface area contributed by atoms with Gasteiger partial charge in [0.25, 0.3) is 11.5 Å². The number of carbonyl (C=O) groups is 3. The van der Waals surface area contributed by atoms with Crippen molar-refractivity contribution in [1.29, 1.82) is 0 Å². The molecule has 10 nitrogen and oxygen atoms in total. The lowest BCUT2D eigenvalue weighted by atomic mass is 10.00. The zero-order chi connectivity index (χ0) is 31.5.